The van der Waals surface area contributed by atoms with Crippen LogP contribution in [0.5, 0.6) is 5.75 Å². The molecule has 1 heterocycles. The van der Waals surface area contributed by atoms with E-state index in [1.807, 2.05) is 13.0 Å². The van der Waals surface area contributed by atoms with Gasteiger partial charge in [-0.3, -0.25) is 9.59 Å². The van der Waals surface area contributed by atoms with Crippen molar-refractivity contribution in [1.82, 2.24) is 0 Å². The second-order valence-corrected chi connectivity index (χ2v) is 6.51. The number of para-hydroxylation sites is 2. The van der Waals surface area contributed by atoms with Crippen molar-refractivity contribution in [1.29, 1.82) is 0 Å². The molecule has 0 saturated carbocycles. The number of halogens is 2. The number of fused-ring (bicyclic) bond motifs is 1. The molecular formula is C18H16Cl2N2O3. The van der Waals surface area contributed by atoms with Crippen LogP contribution in [0.3, 0.4) is 0 Å². The number of benzene rings is 2. The predicted molar refractivity (Wildman–Crippen MR) is 98.6 cm³/mol. The minimum absolute atomic E-state index is 0.131. The zero-order valence-electron chi connectivity index (χ0n) is 13.5. The van der Waals surface area contributed by atoms with Crippen LogP contribution in [-0.2, 0) is 9.59 Å². The molecular weight excluding hydrogens is 363 g/mol. The van der Waals surface area contributed by atoms with Crippen molar-refractivity contribution in [3.05, 3.63) is 52.5 Å². The number of amides is 2. The minimum atomic E-state index is -0.297. The van der Waals surface area contributed by atoms with Gasteiger partial charge in [-0.1, -0.05) is 41.4 Å². The molecule has 1 atom stereocenters. The van der Waals surface area contributed by atoms with E-state index in [-0.39, 0.29) is 35.9 Å². The summed E-state index contributed by atoms with van der Waals surface area (Å²) >= 11 is 12.0. The summed E-state index contributed by atoms with van der Waals surface area (Å²) in [6.45, 7) is 1.61. The molecule has 0 unspecified atom stereocenters. The van der Waals surface area contributed by atoms with E-state index < -0.39 is 0 Å². The lowest BCUT2D eigenvalue weighted by Gasteiger charge is -2.27. The first-order chi connectivity index (χ1) is 12.0. The van der Waals surface area contributed by atoms with Crippen molar-refractivity contribution < 1.29 is 14.3 Å². The van der Waals surface area contributed by atoms with Crippen molar-refractivity contribution in [2.45, 2.75) is 19.4 Å². The molecule has 7 heteroatoms. The maximum Gasteiger partial charge on any atom is 0.265 e. The molecule has 0 aliphatic carbocycles. The SMILES string of the molecule is C[C@@H]1CC(=O)Nc2ccccc2N1C(=O)COc1cccc(Cl)c1Cl. The number of anilines is 2. The van der Waals surface area contributed by atoms with E-state index >= 15 is 0 Å². The number of rotatable bonds is 3. The average Bonchev–Trinajstić information content (AvgIpc) is 2.70. The lowest BCUT2D eigenvalue weighted by atomic mass is 10.1. The Morgan fingerprint density at radius 2 is 2.00 bits per heavy atom. The van der Waals surface area contributed by atoms with E-state index in [0.717, 1.165) is 0 Å². The first-order valence-corrected chi connectivity index (χ1v) is 8.50. The molecule has 0 saturated heterocycles. The van der Waals surface area contributed by atoms with Gasteiger partial charge in [-0.2, -0.15) is 0 Å². The van der Waals surface area contributed by atoms with Crippen LogP contribution in [0.2, 0.25) is 10.0 Å². The number of nitrogens with one attached hydrogen (secondary N) is 1. The van der Waals surface area contributed by atoms with E-state index in [4.69, 9.17) is 27.9 Å². The van der Waals surface area contributed by atoms with Gasteiger partial charge in [0.05, 0.1) is 16.4 Å². The van der Waals surface area contributed by atoms with Gasteiger partial charge in [0.1, 0.15) is 10.8 Å². The Balaban J connectivity index is 1.83. The summed E-state index contributed by atoms with van der Waals surface area (Å²) in [4.78, 5) is 26.3. The van der Waals surface area contributed by atoms with Gasteiger partial charge in [0.25, 0.3) is 5.91 Å². The molecule has 1 aliphatic rings. The van der Waals surface area contributed by atoms with Crippen LogP contribution in [-0.4, -0.2) is 24.5 Å². The fourth-order valence-corrected chi connectivity index (χ4v) is 3.12. The quantitative estimate of drug-likeness (QED) is 0.872. The minimum Gasteiger partial charge on any atom is -0.482 e. The molecule has 1 N–H and O–H groups in total. The van der Waals surface area contributed by atoms with Crippen LogP contribution in [0.15, 0.2) is 42.5 Å². The third-order valence-electron chi connectivity index (χ3n) is 3.90. The second kappa shape index (κ2) is 7.33. The number of ether oxygens (including phenoxy) is 1. The topological polar surface area (TPSA) is 58.6 Å². The van der Waals surface area contributed by atoms with Crippen molar-refractivity contribution in [3.63, 3.8) is 0 Å². The third kappa shape index (κ3) is 3.72. The molecule has 2 amide bonds. The summed E-state index contributed by atoms with van der Waals surface area (Å²) in [6.07, 6.45) is 0.207. The van der Waals surface area contributed by atoms with Crippen LogP contribution in [0, 0.1) is 0 Å². The smallest absolute Gasteiger partial charge is 0.265 e. The average molecular weight is 379 g/mol. The number of carbonyl (C=O) groups is 2. The Labute approximate surface area is 155 Å². The first kappa shape index (κ1) is 17.6. The zero-order chi connectivity index (χ0) is 18.0. The van der Waals surface area contributed by atoms with E-state index in [2.05, 4.69) is 5.32 Å². The van der Waals surface area contributed by atoms with E-state index in [0.29, 0.717) is 22.1 Å². The standard InChI is InChI=1S/C18H16Cl2N2O3/c1-11-9-16(23)21-13-6-2-3-7-14(13)22(11)17(24)10-25-15-8-4-5-12(19)18(15)20/h2-8,11H,9-10H2,1H3,(H,21,23)/t11-/m1/s1. The lowest BCUT2D eigenvalue weighted by Crippen LogP contribution is -2.41. The molecule has 5 nitrogen and oxygen atoms in total. The maximum absolute atomic E-state index is 12.8. The number of nitrogens with zero attached hydrogens (tertiary/aromatic N) is 1. The van der Waals surface area contributed by atoms with Gasteiger partial charge in [0.15, 0.2) is 6.61 Å². The molecule has 0 bridgehead atoms. The van der Waals surface area contributed by atoms with Crippen LogP contribution in [0.25, 0.3) is 0 Å². The highest BCUT2D eigenvalue weighted by Gasteiger charge is 2.29. The van der Waals surface area contributed by atoms with Gasteiger partial charge in [0, 0.05) is 12.5 Å². The molecule has 3 rings (SSSR count). The first-order valence-electron chi connectivity index (χ1n) is 7.75. The fourth-order valence-electron chi connectivity index (χ4n) is 2.77. The number of hydrogen-bond acceptors (Lipinski definition) is 3. The van der Waals surface area contributed by atoms with Gasteiger partial charge in [-0.05, 0) is 31.2 Å². The lowest BCUT2D eigenvalue weighted by molar-refractivity contribution is -0.121. The largest absolute Gasteiger partial charge is 0.482 e. The molecule has 0 aromatic heterocycles. The molecule has 130 valence electrons. The monoisotopic (exact) mass is 378 g/mol. The van der Waals surface area contributed by atoms with Crippen LogP contribution < -0.4 is 15.0 Å². The van der Waals surface area contributed by atoms with Gasteiger partial charge >= 0.3 is 0 Å². The summed E-state index contributed by atoms with van der Waals surface area (Å²) < 4.78 is 5.55. The van der Waals surface area contributed by atoms with Gasteiger partial charge in [-0.15, -0.1) is 0 Å². The Bertz CT molecular complexity index is 826. The third-order valence-corrected chi connectivity index (χ3v) is 4.70. The normalized spacial score (nSPS) is 16.7. The summed E-state index contributed by atoms with van der Waals surface area (Å²) in [5.74, 6) is -0.0611. The van der Waals surface area contributed by atoms with Crippen molar-refractivity contribution in [2.75, 3.05) is 16.8 Å². The summed E-state index contributed by atoms with van der Waals surface area (Å²) in [7, 11) is 0. The highest BCUT2D eigenvalue weighted by atomic mass is 35.5. The van der Waals surface area contributed by atoms with E-state index in [1.165, 1.54) is 0 Å². The number of carbonyl (C=O) groups excluding carboxylic acids is 2. The van der Waals surface area contributed by atoms with Crippen molar-refractivity contribution in [3.8, 4) is 5.75 Å². The Morgan fingerprint density at radius 3 is 2.80 bits per heavy atom. The van der Waals surface area contributed by atoms with E-state index in [1.54, 1.807) is 41.3 Å². The van der Waals surface area contributed by atoms with Gasteiger partial charge < -0.3 is 15.0 Å². The molecule has 2 aromatic carbocycles. The molecule has 0 radical (unpaired) electrons. The molecule has 0 fully saturated rings. The molecule has 2 aromatic rings. The molecule has 1 aliphatic heterocycles. The van der Waals surface area contributed by atoms with Crippen molar-refractivity contribution in [2.24, 2.45) is 0 Å². The van der Waals surface area contributed by atoms with Crippen LogP contribution in [0.1, 0.15) is 13.3 Å². The van der Waals surface area contributed by atoms with E-state index in [9.17, 15) is 9.59 Å². The van der Waals surface area contributed by atoms with Gasteiger partial charge in [-0.25, -0.2) is 0 Å². The summed E-state index contributed by atoms with van der Waals surface area (Å²) in [5, 5.41) is 3.43. The van der Waals surface area contributed by atoms with Crippen LogP contribution in [0.4, 0.5) is 11.4 Å². The summed E-state index contributed by atoms with van der Waals surface area (Å²) in [5.41, 5.74) is 1.25. The highest BCUT2D eigenvalue weighted by Crippen LogP contribution is 2.33. The second-order valence-electron chi connectivity index (χ2n) is 5.72. The zero-order valence-corrected chi connectivity index (χ0v) is 15.0. The fraction of sp³-hybridized carbons (Fsp3) is 0.222. The Kier molecular flexibility index (Phi) is 5.16. The van der Waals surface area contributed by atoms with Crippen LogP contribution >= 0.6 is 23.2 Å². The molecule has 25 heavy (non-hydrogen) atoms. The number of hydrogen-bond donors (Lipinski definition) is 1. The Morgan fingerprint density at radius 1 is 1.24 bits per heavy atom. The maximum atomic E-state index is 12.8. The van der Waals surface area contributed by atoms with Crippen molar-refractivity contribution >= 4 is 46.4 Å². The highest BCUT2D eigenvalue weighted by molar-refractivity contribution is 6.42. The van der Waals surface area contributed by atoms with Gasteiger partial charge in [0.2, 0.25) is 5.91 Å². The predicted octanol–water partition coefficient (Wildman–Crippen LogP) is 4.14. The Hall–Kier alpha value is -2.24. The summed E-state index contributed by atoms with van der Waals surface area (Å²) in [6, 6.07) is 11.9. The molecule has 0 spiro atoms.